The third-order valence-electron chi connectivity index (χ3n) is 3.63. The predicted octanol–water partition coefficient (Wildman–Crippen LogP) is 2.12. The smallest absolute Gasteiger partial charge is 0.222 e. The Labute approximate surface area is 160 Å². The zero-order valence-corrected chi connectivity index (χ0v) is 16.1. The fraction of sp³-hybridized carbons (Fsp3) is 0.176. The van der Waals surface area contributed by atoms with E-state index in [9.17, 15) is 17.6 Å². The minimum atomic E-state index is -3.84. The van der Waals surface area contributed by atoms with E-state index in [0.29, 0.717) is 16.9 Å². The van der Waals surface area contributed by atoms with Crippen molar-refractivity contribution in [2.45, 2.75) is 11.9 Å². The summed E-state index contributed by atoms with van der Waals surface area (Å²) >= 11 is 0. The van der Waals surface area contributed by atoms with Crippen LogP contribution < -0.4 is 10.6 Å². The number of hydrogen-bond acceptors (Lipinski definition) is 7. The van der Waals surface area contributed by atoms with Crippen molar-refractivity contribution in [3.05, 3.63) is 42.5 Å². The summed E-state index contributed by atoms with van der Waals surface area (Å²) in [5.74, 6) is -0.853. The molecule has 3 aromatic rings. The van der Waals surface area contributed by atoms with Crippen LogP contribution in [0, 0.1) is 5.82 Å². The van der Waals surface area contributed by atoms with Crippen molar-refractivity contribution in [3.63, 3.8) is 0 Å². The highest BCUT2D eigenvalue weighted by molar-refractivity contribution is 7.90. The van der Waals surface area contributed by atoms with Gasteiger partial charge in [0.25, 0.3) is 0 Å². The van der Waals surface area contributed by atoms with E-state index in [0.717, 1.165) is 12.3 Å². The summed E-state index contributed by atoms with van der Waals surface area (Å²) in [7, 11) is -2.08. The van der Waals surface area contributed by atoms with Gasteiger partial charge in [-0.2, -0.15) is 5.10 Å². The molecule has 0 unspecified atom stereocenters. The second-order valence-electron chi connectivity index (χ2n) is 6.05. The number of aromatic nitrogens is 4. The summed E-state index contributed by atoms with van der Waals surface area (Å²) in [6.45, 7) is 1.35. The van der Waals surface area contributed by atoms with Crippen LogP contribution in [0.1, 0.15) is 6.92 Å². The highest BCUT2D eigenvalue weighted by Crippen LogP contribution is 2.30. The van der Waals surface area contributed by atoms with Crippen LogP contribution in [0.25, 0.3) is 11.3 Å². The Hall–Kier alpha value is -3.34. The number of carbonyl (C=O) groups is 1. The maximum absolute atomic E-state index is 13.8. The lowest BCUT2D eigenvalue weighted by Gasteiger charge is -2.13. The van der Waals surface area contributed by atoms with Gasteiger partial charge in [0.1, 0.15) is 11.6 Å². The third-order valence-corrected chi connectivity index (χ3v) is 4.61. The highest BCUT2D eigenvalue weighted by Gasteiger charge is 2.18. The average Bonchev–Trinajstić information content (AvgIpc) is 3.01. The monoisotopic (exact) mass is 404 g/mol. The van der Waals surface area contributed by atoms with Crippen LogP contribution in [0.15, 0.2) is 41.7 Å². The van der Waals surface area contributed by atoms with E-state index < -0.39 is 20.7 Å². The van der Waals surface area contributed by atoms with E-state index >= 15 is 0 Å². The molecule has 0 saturated heterocycles. The number of halogens is 1. The van der Waals surface area contributed by atoms with Gasteiger partial charge in [-0.05, 0) is 18.2 Å². The van der Waals surface area contributed by atoms with Crippen molar-refractivity contribution in [3.8, 4) is 11.3 Å². The third kappa shape index (κ3) is 4.31. The number of pyridine rings is 2. The molecule has 3 heterocycles. The molecule has 0 aromatic carbocycles. The van der Waals surface area contributed by atoms with Crippen LogP contribution in [-0.4, -0.2) is 40.3 Å². The maximum Gasteiger partial charge on any atom is 0.222 e. The van der Waals surface area contributed by atoms with E-state index in [1.165, 1.54) is 19.2 Å². The lowest BCUT2D eigenvalue weighted by Crippen LogP contribution is -2.09. The molecule has 2 N–H and O–H groups in total. The molecular formula is C17H17FN6O3S. The van der Waals surface area contributed by atoms with Gasteiger partial charge in [0.05, 0.1) is 11.4 Å². The second kappa shape index (κ2) is 7.35. The summed E-state index contributed by atoms with van der Waals surface area (Å²) in [4.78, 5) is 19.4. The number of amides is 1. The number of hydrogen-bond donors (Lipinski definition) is 2. The first-order valence-corrected chi connectivity index (χ1v) is 9.94. The molecule has 0 aliphatic heterocycles. The summed E-state index contributed by atoms with van der Waals surface area (Å²) in [5.41, 5.74) is 1.63. The molecule has 0 saturated carbocycles. The van der Waals surface area contributed by atoms with Gasteiger partial charge in [-0.1, -0.05) is 0 Å². The van der Waals surface area contributed by atoms with E-state index in [1.54, 1.807) is 30.1 Å². The number of sulfone groups is 1. The molecule has 9 nitrogen and oxygen atoms in total. The fourth-order valence-electron chi connectivity index (χ4n) is 2.46. The molecular weight excluding hydrogens is 387 g/mol. The molecule has 28 heavy (non-hydrogen) atoms. The van der Waals surface area contributed by atoms with Crippen molar-refractivity contribution in [2.75, 3.05) is 16.9 Å². The van der Waals surface area contributed by atoms with Crippen LogP contribution in [0.2, 0.25) is 0 Å². The van der Waals surface area contributed by atoms with Crippen molar-refractivity contribution >= 4 is 33.1 Å². The first-order valence-electron chi connectivity index (χ1n) is 8.05. The van der Waals surface area contributed by atoms with Crippen LogP contribution in [0.4, 0.5) is 21.7 Å². The normalized spacial score (nSPS) is 11.3. The van der Waals surface area contributed by atoms with Gasteiger partial charge in [0, 0.05) is 44.3 Å². The van der Waals surface area contributed by atoms with E-state index in [4.69, 9.17) is 0 Å². The number of anilines is 3. The Kier molecular flexibility index (Phi) is 5.10. The Morgan fingerprint density at radius 1 is 1.21 bits per heavy atom. The van der Waals surface area contributed by atoms with E-state index in [2.05, 4.69) is 25.7 Å². The number of rotatable bonds is 5. The zero-order chi connectivity index (χ0) is 20.5. The van der Waals surface area contributed by atoms with Crippen LogP contribution >= 0.6 is 0 Å². The van der Waals surface area contributed by atoms with Crippen molar-refractivity contribution in [1.82, 2.24) is 19.7 Å². The largest absolute Gasteiger partial charge is 0.339 e. The average molecular weight is 404 g/mol. The summed E-state index contributed by atoms with van der Waals surface area (Å²) in [6, 6.07) is 5.64. The number of aryl methyl sites for hydroxylation is 1. The molecule has 0 atom stereocenters. The molecule has 0 bridgehead atoms. The molecule has 11 heteroatoms. The predicted molar refractivity (Wildman–Crippen MR) is 101 cm³/mol. The minimum absolute atomic E-state index is 0.110. The van der Waals surface area contributed by atoms with Crippen molar-refractivity contribution in [2.24, 2.45) is 7.05 Å². The molecule has 0 aliphatic carbocycles. The Balaban J connectivity index is 2.07. The van der Waals surface area contributed by atoms with Gasteiger partial charge in [0.2, 0.25) is 5.91 Å². The number of nitrogens with one attached hydrogen (secondary N) is 2. The molecule has 1 amide bonds. The molecule has 146 valence electrons. The SMILES string of the molecule is CC(=O)Nc1cc(Nc2ccc(F)c(S(C)(=O)=O)n2)c(-c2ccn(C)n2)cn1. The summed E-state index contributed by atoms with van der Waals surface area (Å²) < 4.78 is 38.9. The first kappa shape index (κ1) is 19.4. The van der Waals surface area contributed by atoms with Gasteiger partial charge in [-0.15, -0.1) is 0 Å². The Morgan fingerprint density at radius 2 is 1.96 bits per heavy atom. The molecule has 0 radical (unpaired) electrons. The first-order chi connectivity index (χ1) is 13.1. The highest BCUT2D eigenvalue weighted by atomic mass is 32.2. The van der Waals surface area contributed by atoms with Gasteiger partial charge in [-0.25, -0.2) is 22.8 Å². The lowest BCUT2D eigenvalue weighted by atomic mass is 10.1. The standard InChI is InChI=1S/C17H17FN6O3S/c1-10(25)20-16-8-14(11(9-19-16)13-6-7-24(2)23-13)21-15-5-4-12(18)17(22-15)28(3,26)27/h4-9H,1-3H3,(H2,19,20,21,22,25). The van der Waals surface area contributed by atoms with Crippen LogP contribution in [0.3, 0.4) is 0 Å². The zero-order valence-electron chi connectivity index (χ0n) is 15.3. The van der Waals surface area contributed by atoms with Crippen LogP contribution in [-0.2, 0) is 21.7 Å². The van der Waals surface area contributed by atoms with E-state index in [1.807, 2.05) is 0 Å². The van der Waals surface area contributed by atoms with E-state index in [-0.39, 0.29) is 17.5 Å². The number of nitrogens with zero attached hydrogens (tertiary/aromatic N) is 4. The van der Waals surface area contributed by atoms with Crippen LogP contribution in [0.5, 0.6) is 0 Å². The van der Waals surface area contributed by atoms with Crippen molar-refractivity contribution < 1.29 is 17.6 Å². The second-order valence-corrected chi connectivity index (χ2v) is 7.98. The van der Waals surface area contributed by atoms with Gasteiger partial charge in [0.15, 0.2) is 20.7 Å². The van der Waals surface area contributed by atoms with Gasteiger partial charge < -0.3 is 10.6 Å². The summed E-state index contributed by atoms with van der Waals surface area (Å²) in [5, 5.41) is 9.18. The maximum atomic E-state index is 13.8. The molecule has 3 aromatic heterocycles. The number of carbonyl (C=O) groups excluding carboxylic acids is 1. The lowest BCUT2D eigenvalue weighted by molar-refractivity contribution is -0.114. The Bertz CT molecular complexity index is 1160. The van der Waals surface area contributed by atoms with Gasteiger partial charge in [-0.3, -0.25) is 9.48 Å². The molecule has 0 aliphatic rings. The Morgan fingerprint density at radius 3 is 2.57 bits per heavy atom. The topological polar surface area (TPSA) is 119 Å². The summed E-state index contributed by atoms with van der Waals surface area (Å²) in [6.07, 6.45) is 4.14. The quantitative estimate of drug-likeness (QED) is 0.668. The van der Waals surface area contributed by atoms with Gasteiger partial charge >= 0.3 is 0 Å². The molecule has 3 rings (SSSR count). The van der Waals surface area contributed by atoms with Crippen molar-refractivity contribution in [1.29, 1.82) is 0 Å². The molecule has 0 spiro atoms. The molecule has 0 fully saturated rings. The minimum Gasteiger partial charge on any atom is -0.339 e. The fourth-order valence-corrected chi connectivity index (χ4v) is 3.15.